The predicted octanol–water partition coefficient (Wildman–Crippen LogP) is 1.12. The summed E-state index contributed by atoms with van der Waals surface area (Å²) in [5.74, 6) is -1.99. The van der Waals surface area contributed by atoms with Gasteiger partial charge in [-0.2, -0.15) is 0 Å². The average Bonchev–Trinajstić information content (AvgIpc) is 3.36. The number of amides is 2. The van der Waals surface area contributed by atoms with Gasteiger partial charge >= 0.3 is 0 Å². The first-order valence-electron chi connectivity index (χ1n) is 8.09. The van der Waals surface area contributed by atoms with Gasteiger partial charge in [-0.05, 0) is 43.0 Å². The van der Waals surface area contributed by atoms with Crippen LogP contribution in [-0.4, -0.2) is 59.0 Å². The lowest BCUT2D eigenvalue weighted by molar-refractivity contribution is -0.145. The zero-order valence-corrected chi connectivity index (χ0v) is 13.4. The van der Waals surface area contributed by atoms with Crippen LogP contribution in [0.25, 0.3) is 0 Å². The van der Waals surface area contributed by atoms with Crippen LogP contribution in [0.1, 0.15) is 24.8 Å². The van der Waals surface area contributed by atoms with Crippen LogP contribution < -0.4 is 0 Å². The highest BCUT2D eigenvalue weighted by atomic mass is 19.1. The second-order valence-corrected chi connectivity index (χ2v) is 6.44. The average molecular weight is 338 g/mol. The number of halogens is 2. The van der Waals surface area contributed by atoms with Gasteiger partial charge in [0.1, 0.15) is 17.7 Å². The number of rotatable bonds is 3. The number of nitrogens with zero attached hydrogens (tertiary/aromatic N) is 2. The van der Waals surface area contributed by atoms with Crippen LogP contribution in [0.5, 0.6) is 0 Å². The standard InChI is InChI=1S/C17H20F2N2O3/c1-10(22)16(23)20-4-6-21(7-5-20)17(24)14-9-12(14)13-8-11(18)2-3-15(13)19/h2-3,8,10,12,14,22H,4-7,9H2,1H3. The molecule has 1 aliphatic carbocycles. The summed E-state index contributed by atoms with van der Waals surface area (Å²) in [4.78, 5) is 27.4. The first kappa shape index (κ1) is 16.8. The van der Waals surface area contributed by atoms with E-state index in [4.69, 9.17) is 0 Å². The third-order valence-electron chi connectivity index (χ3n) is 4.73. The number of carbonyl (C=O) groups excluding carboxylic acids is 2. The molecule has 1 heterocycles. The Bertz CT molecular complexity index is 657. The summed E-state index contributed by atoms with van der Waals surface area (Å²) in [6, 6.07) is 3.31. The minimum atomic E-state index is -1.05. The normalized spacial score (nSPS) is 24.7. The number of aliphatic hydroxyl groups is 1. The van der Waals surface area contributed by atoms with Crippen molar-refractivity contribution < 1.29 is 23.5 Å². The fraction of sp³-hybridized carbons (Fsp3) is 0.529. The zero-order valence-electron chi connectivity index (χ0n) is 13.4. The summed E-state index contributed by atoms with van der Waals surface area (Å²) in [6.07, 6.45) is -0.525. The van der Waals surface area contributed by atoms with E-state index in [2.05, 4.69) is 0 Å². The molecular formula is C17H20F2N2O3. The second kappa shape index (κ2) is 6.47. The molecule has 1 saturated carbocycles. The van der Waals surface area contributed by atoms with E-state index < -0.39 is 17.7 Å². The van der Waals surface area contributed by atoms with Gasteiger partial charge < -0.3 is 14.9 Å². The maximum atomic E-state index is 13.8. The van der Waals surface area contributed by atoms with Gasteiger partial charge in [-0.1, -0.05) is 0 Å². The molecule has 2 fully saturated rings. The van der Waals surface area contributed by atoms with Crippen molar-refractivity contribution in [3.8, 4) is 0 Å². The molecule has 24 heavy (non-hydrogen) atoms. The fourth-order valence-corrected chi connectivity index (χ4v) is 3.26. The molecule has 0 radical (unpaired) electrons. The van der Waals surface area contributed by atoms with Gasteiger partial charge in [0, 0.05) is 32.1 Å². The Morgan fingerprint density at radius 1 is 1.17 bits per heavy atom. The highest BCUT2D eigenvalue weighted by Crippen LogP contribution is 2.49. The molecule has 1 aromatic rings. The lowest BCUT2D eigenvalue weighted by Gasteiger charge is -2.35. The molecular weight excluding hydrogens is 318 g/mol. The molecule has 3 unspecified atom stereocenters. The van der Waals surface area contributed by atoms with Crippen molar-refractivity contribution in [1.82, 2.24) is 9.80 Å². The second-order valence-electron chi connectivity index (χ2n) is 6.44. The smallest absolute Gasteiger partial charge is 0.251 e. The van der Waals surface area contributed by atoms with Crippen molar-refractivity contribution in [1.29, 1.82) is 0 Å². The molecule has 1 aromatic carbocycles. The van der Waals surface area contributed by atoms with Gasteiger partial charge in [0.05, 0.1) is 0 Å². The van der Waals surface area contributed by atoms with Gasteiger partial charge in [-0.25, -0.2) is 8.78 Å². The van der Waals surface area contributed by atoms with Crippen molar-refractivity contribution in [3.05, 3.63) is 35.4 Å². The van der Waals surface area contributed by atoms with Crippen LogP contribution >= 0.6 is 0 Å². The SMILES string of the molecule is CC(O)C(=O)N1CCN(C(=O)C2CC2c2cc(F)ccc2F)CC1. The molecule has 5 nitrogen and oxygen atoms in total. The topological polar surface area (TPSA) is 60.9 Å². The van der Waals surface area contributed by atoms with E-state index >= 15 is 0 Å². The molecule has 0 aromatic heterocycles. The number of hydrogen-bond donors (Lipinski definition) is 1. The van der Waals surface area contributed by atoms with Crippen LogP contribution in [0.4, 0.5) is 8.78 Å². The zero-order chi connectivity index (χ0) is 17.4. The highest BCUT2D eigenvalue weighted by molar-refractivity contribution is 5.84. The fourth-order valence-electron chi connectivity index (χ4n) is 3.26. The van der Waals surface area contributed by atoms with E-state index in [9.17, 15) is 23.5 Å². The Morgan fingerprint density at radius 2 is 1.79 bits per heavy atom. The van der Waals surface area contributed by atoms with Crippen LogP contribution in [0.2, 0.25) is 0 Å². The van der Waals surface area contributed by atoms with E-state index in [0.29, 0.717) is 32.6 Å². The Labute approximate surface area is 138 Å². The number of hydrogen-bond acceptors (Lipinski definition) is 3. The van der Waals surface area contributed by atoms with Gasteiger partial charge in [0.15, 0.2) is 0 Å². The molecule has 2 aliphatic rings. The molecule has 0 spiro atoms. The first-order valence-corrected chi connectivity index (χ1v) is 8.09. The molecule has 3 rings (SSSR count). The summed E-state index contributed by atoms with van der Waals surface area (Å²) in [6.45, 7) is 2.96. The van der Waals surface area contributed by atoms with Crippen molar-refractivity contribution in [3.63, 3.8) is 0 Å². The summed E-state index contributed by atoms with van der Waals surface area (Å²) in [5, 5.41) is 9.32. The summed E-state index contributed by atoms with van der Waals surface area (Å²) >= 11 is 0. The van der Waals surface area contributed by atoms with E-state index in [-0.39, 0.29) is 29.2 Å². The third kappa shape index (κ3) is 3.26. The maximum absolute atomic E-state index is 13.8. The number of benzene rings is 1. The summed E-state index contributed by atoms with van der Waals surface area (Å²) in [5.41, 5.74) is 0.260. The number of aliphatic hydroxyl groups excluding tert-OH is 1. The predicted molar refractivity (Wildman–Crippen MR) is 82.0 cm³/mol. The molecule has 1 saturated heterocycles. The number of carbonyl (C=O) groups is 2. The maximum Gasteiger partial charge on any atom is 0.251 e. The first-order chi connectivity index (χ1) is 11.4. The molecule has 3 atom stereocenters. The molecule has 7 heteroatoms. The van der Waals surface area contributed by atoms with E-state index in [1.165, 1.54) is 11.8 Å². The Kier molecular flexibility index (Phi) is 4.54. The number of piperazine rings is 1. The van der Waals surface area contributed by atoms with Crippen molar-refractivity contribution in [2.45, 2.75) is 25.4 Å². The Morgan fingerprint density at radius 3 is 2.42 bits per heavy atom. The third-order valence-corrected chi connectivity index (χ3v) is 4.73. The monoisotopic (exact) mass is 338 g/mol. The lowest BCUT2D eigenvalue weighted by atomic mass is 10.1. The minimum Gasteiger partial charge on any atom is -0.384 e. The van der Waals surface area contributed by atoms with Crippen molar-refractivity contribution in [2.24, 2.45) is 5.92 Å². The van der Waals surface area contributed by atoms with Crippen LogP contribution in [-0.2, 0) is 9.59 Å². The largest absolute Gasteiger partial charge is 0.384 e. The lowest BCUT2D eigenvalue weighted by Crippen LogP contribution is -2.52. The molecule has 0 bridgehead atoms. The van der Waals surface area contributed by atoms with E-state index in [0.717, 1.165) is 18.2 Å². The Hall–Kier alpha value is -2.02. The van der Waals surface area contributed by atoms with Crippen LogP contribution in [0.15, 0.2) is 18.2 Å². The molecule has 130 valence electrons. The summed E-state index contributed by atoms with van der Waals surface area (Å²) in [7, 11) is 0. The van der Waals surface area contributed by atoms with Gasteiger partial charge in [0.25, 0.3) is 5.91 Å². The van der Waals surface area contributed by atoms with E-state index in [1.54, 1.807) is 4.90 Å². The van der Waals surface area contributed by atoms with Gasteiger partial charge in [0.2, 0.25) is 5.91 Å². The summed E-state index contributed by atoms with van der Waals surface area (Å²) < 4.78 is 27.1. The highest BCUT2D eigenvalue weighted by Gasteiger charge is 2.47. The van der Waals surface area contributed by atoms with Crippen LogP contribution in [0, 0.1) is 17.6 Å². The molecule has 1 aliphatic heterocycles. The van der Waals surface area contributed by atoms with Crippen LogP contribution in [0.3, 0.4) is 0 Å². The Balaban J connectivity index is 1.58. The van der Waals surface area contributed by atoms with Crippen molar-refractivity contribution >= 4 is 11.8 Å². The van der Waals surface area contributed by atoms with E-state index in [1.807, 2.05) is 0 Å². The quantitative estimate of drug-likeness (QED) is 0.898. The minimum absolute atomic E-state index is 0.0761. The molecule has 2 amide bonds. The van der Waals surface area contributed by atoms with Gasteiger partial charge in [-0.3, -0.25) is 9.59 Å². The molecule has 1 N–H and O–H groups in total. The van der Waals surface area contributed by atoms with Gasteiger partial charge in [-0.15, -0.1) is 0 Å². The van der Waals surface area contributed by atoms with Crippen molar-refractivity contribution in [2.75, 3.05) is 26.2 Å².